The van der Waals surface area contributed by atoms with Crippen LogP contribution in [0.3, 0.4) is 0 Å². The Bertz CT molecular complexity index is 344. The highest BCUT2D eigenvalue weighted by atomic mass is 16.2. The fourth-order valence-electron chi connectivity index (χ4n) is 1.83. The SMILES string of the molecule is CCN(CC)C(=O)CCn1cncc1CNC. The van der Waals surface area contributed by atoms with Crippen LogP contribution in [0.1, 0.15) is 26.0 Å². The molecule has 0 aliphatic heterocycles. The van der Waals surface area contributed by atoms with E-state index in [1.165, 1.54) is 0 Å². The molecule has 0 fully saturated rings. The van der Waals surface area contributed by atoms with Gasteiger partial charge in [0.05, 0.1) is 12.0 Å². The normalized spacial score (nSPS) is 10.5. The zero-order valence-corrected chi connectivity index (χ0v) is 10.9. The van der Waals surface area contributed by atoms with Crippen LogP contribution in [0.2, 0.25) is 0 Å². The third kappa shape index (κ3) is 3.85. The van der Waals surface area contributed by atoms with E-state index in [4.69, 9.17) is 0 Å². The van der Waals surface area contributed by atoms with Crippen molar-refractivity contribution in [3.63, 3.8) is 0 Å². The molecule has 0 saturated heterocycles. The van der Waals surface area contributed by atoms with Crippen LogP contribution in [0.5, 0.6) is 0 Å². The van der Waals surface area contributed by atoms with Gasteiger partial charge in [-0.2, -0.15) is 0 Å². The monoisotopic (exact) mass is 238 g/mol. The number of carbonyl (C=O) groups excluding carboxylic acids is 1. The van der Waals surface area contributed by atoms with Crippen LogP contribution in [0.25, 0.3) is 0 Å². The van der Waals surface area contributed by atoms with Crippen LogP contribution < -0.4 is 5.32 Å². The van der Waals surface area contributed by atoms with Gasteiger partial charge in [-0.25, -0.2) is 4.98 Å². The number of imidazole rings is 1. The summed E-state index contributed by atoms with van der Waals surface area (Å²) in [6.07, 6.45) is 4.15. The van der Waals surface area contributed by atoms with Gasteiger partial charge in [-0.1, -0.05) is 0 Å². The Morgan fingerprint density at radius 1 is 1.47 bits per heavy atom. The molecule has 17 heavy (non-hydrogen) atoms. The van der Waals surface area contributed by atoms with Crippen molar-refractivity contribution in [3.8, 4) is 0 Å². The fraction of sp³-hybridized carbons (Fsp3) is 0.667. The third-order valence-electron chi connectivity index (χ3n) is 2.84. The summed E-state index contributed by atoms with van der Waals surface area (Å²) in [5.41, 5.74) is 1.11. The highest BCUT2D eigenvalue weighted by Gasteiger charge is 2.10. The maximum atomic E-state index is 11.8. The number of hydrogen-bond donors (Lipinski definition) is 1. The lowest BCUT2D eigenvalue weighted by Crippen LogP contribution is -2.31. The van der Waals surface area contributed by atoms with Gasteiger partial charge >= 0.3 is 0 Å². The van der Waals surface area contributed by atoms with E-state index in [2.05, 4.69) is 10.3 Å². The average molecular weight is 238 g/mol. The number of nitrogens with zero attached hydrogens (tertiary/aromatic N) is 3. The highest BCUT2D eigenvalue weighted by molar-refractivity contribution is 5.76. The summed E-state index contributed by atoms with van der Waals surface area (Å²) in [4.78, 5) is 17.8. The first-order valence-electron chi connectivity index (χ1n) is 6.14. The van der Waals surface area contributed by atoms with E-state index in [-0.39, 0.29) is 5.91 Å². The van der Waals surface area contributed by atoms with Gasteiger partial charge in [0.1, 0.15) is 0 Å². The smallest absolute Gasteiger partial charge is 0.224 e. The van der Waals surface area contributed by atoms with Crippen molar-refractivity contribution in [3.05, 3.63) is 18.2 Å². The number of carbonyl (C=O) groups is 1. The van der Waals surface area contributed by atoms with Crippen LogP contribution >= 0.6 is 0 Å². The standard InChI is InChI=1S/C12H22N4O/c1-4-15(5-2)12(17)6-7-16-10-14-9-11(16)8-13-3/h9-10,13H,4-8H2,1-3H3. The summed E-state index contributed by atoms with van der Waals surface area (Å²) in [6, 6.07) is 0. The molecule has 0 aliphatic carbocycles. The fourth-order valence-corrected chi connectivity index (χ4v) is 1.83. The molecule has 1 aromatic heterocycles. The summed E-state index contributed by atoms with van der Waals surface area (Å²) < 4.78 is 2.03. The number of rotatable bonds is 7. The molecule has 96 valence electrons. The van der Waals surface area contributed by atoms with Crippen molar-refractivity contribution < 1.29 is 4.79 Å². The predicted octanol–water partition coefficient (Wildman–Crippen LogP) is 0.861. The molecule has 0 atom stereocenters. The van der Waals surface area contributed by atoms with Gasteiger partial charge in [0.2, 0.25) is 5.91 Å². The van der Waals surface area contributed by atoms with Crippen molar-refractivity contribution in [2.75, 3.05) is 20.1 Å². The van der Waals surface area contributed by atoms with Crippen LogP contribution in [0.15, 0.2) is 12.5 Å². The second kappa shape index (κ2) is 7.06. The van der Waals surface area contributed by atoms with E-state index in [9.17, 15) is 4.79 Å². The van der Waals surface area contributed by atoms with Crippen LogP contribution in [-0.4, -0.2) is 40.5 Å². The van der Waals surface area contributed by atoms with E-state index in [1.807, 2.05) is 36.6 Å². The molecule has 1 rings (SSSR count). The van der Waals surface area contributed by atoms with Crippen LogP contribution in [-0.2, 0) is 17.9 Å². The molecule has 5 heteroatoms. The zero-order chi connectivity index (χ0) is 12.7. The minimum atomic E-state index is 0.208. The van der Waals surface area contributed by atoms with Crippen molar-refractivity contribution in [2.24, 2.45) is 0 Å². The minimum Gasteiger partial charge on any atom is -0.343 e. The van der Waals surface area contributed by atoms with Crippen molar-refractivity contribution in [1.82, 2.24) is 19.8 Å². The Morgan fingerprint density at radius 2 is 2.18 bits per heavy atom. The van der Waals surface area contributed by atoms with Crippen LogP contribution in [0.4, 0.5) is 0 Å². The first kappa shape index (κ1) is 13.7. The summed E-state index contributed by atoms with van der Waals surface area (Å²) >= 11 is 0. The maximum Gasteiger partial charge on any atom is 0.224 e. The Kier molecular flexibility index (Phi) is 5.69. The van der Waals surface area contributed by atoms with Gasteiger partial charge < -0.3 is 14.8 Å². The zero-order valence-electron chi connectivity index (χ0n) is 10.9. The lowest BCUT2D eigenvalue weighted by Gasteiger charge is -2.18. The number of hydrogen-bond acceptors (Lipinski definition) is 3. The first-order chi connectivity index (χ1) is 8.22. The second-order valence-corrected chi connectivity index (χ2v) is 3.92. The van der Waals surface area contributed by atoms with E-state index in [1.54, 1.807) is 6.33 Å². The predicted molar refractivity (Wildman–Crippen MR) is 67.5 cm³/mol. The summed E-state index contributed by atoms with van der Waals surface area (Å²) in [5.74, 6) is 0.208. The van der Waals surface area contributed by atoms with Crippen molar-refractivity contribution >= 4 is 5.91 Å². The molecular weight excluding hydrogens is 216 g/mol. The number of aryl methyl sites for hydroxylation is 1. The van der Waals surface area contributed by atoms with Gasteiger partial charge in [0.15, 0.2) is 0 Å². The third-order valence-corrected chi connectivity index (χ3v) is 2.84. The largest absolute Gasteiger partial charge is 0.343 e. The lowest BCUT2D eigenvalue weighted by molar-refractivity contribution is -0.131. The molecule has 1 N–H and O–H groups in total. The summed E-state index contributed by atoms with van der Waals surface area (Å²) in [5, 5.41) is 3.09. The molecule has 0 bridgehead atoms. The number of nitrogens with one attached hydrogen (secondary N) is 1. The average Bonchev–Trinajstić information content (AvgIpc) is 2.76. The first-order valence-corrected chi connectivity index (χ1v) is 6.14. The maximum absolute atomic E-state index is 11.8. The van der Waals surface area contributed by atoms with Gasteiger partial charge in [-0.15, -0.1) is 0 Å². The van der Waals surface area contributed by atoms with E-state index in [0.717, 1.165) is 25.3 Å². The van der Waals surface area contributed by atoms with E-state index >= 15 is 0 Å². The molecule has 0 radical (unpaired) electrons. The molecule has 0 aromatic carbocycles. The number of aromatic nitrogens is 2. The molecule has 1 heterocycles. The Hall–Kier alpha value is -1.36. The van der Waals surface area contributed by atoms with Gasteiger partial charge in [-0.05, 0) is 20.9 Å². The highest BCUT2D eigenvalue weighted by Crippen LogP contribution is 2.02. The molecule has 0 aliphatic rings. The summed E-state index contributed by atoms with van der Waals surface area (Å²) in [6.45, 7) is 7.05. The number of amides is 1. The van der Waals surface area contributed by atoms with Crippen molar-refractivity contribution in [1.29, 1.82) is 0 Å². The second-order valence-electron chi connectivity index (χ2n) is 3.92. The Balaban J connectivity index is 2.49. The molecule has 0 spiro atoms. The van der Waals surface area contributed by atoms with Gasteiger partial charge in [-0.3, -0.25) is 4.79 Å². The lowest BCUT2D eigenvalue weighted by atomic mass is 10.3. The molecule has 1 amide bonds. The molecule has 1 aromatic rings. The quantitative estimate of drug-likeness (QED) is 0.766. The van der Waals surface area contributed by atoms with E-state index in [0.29, 0.717) is 13.0 Å². The molecular formula is C12H22N4O. The van der Waals surface area contributed by atoms with E-state index < -0.39 is 0 Å². The Labute approximate surface area is 103 Å². The summed E-state index contributed by atoms with van der Waals surface area (Å²) in [7, 11) is 1.90. The molecule has 0 saturated carbocycles. The van der Waals surface area contributed by atoms with Crippen molar-refractivity contribution in [2.45, 2.75) is 33.4 Å². The molecule has 0 unspecified atom stereocenters. The topological polar surface area (TPSA) is 50.2 Å². The van der Waals surface area contributed by atoms with Gasteiger partial charge in [0.25, 0.3) is 0 Å². The molecule has 5 nitrogen and oxygen atoms in total. The van der Waals surface area contributed by atoms with Gasteiger partial charge in [0, 0.05) is 38.8 Å². The minimum absolute atomic E-state index is 0.208. The van der Waals surface area contributed by atoms with Crippen LogP contribution in [0, 0.1) is 0 Å². The Morgan fingerprint density at radius 3 is 2.76 bits per heavy atom.